The molecule has 2 aromatic rings. The average Bonchev–Trinajstić information content (AvgIpc) is 2.86. The van der Waals surface area contributed by atoms with E-state index in [4.69, 9.17) is 0 Å². The van der Waals surface area contributed by atoms with Crippen LogP contribution in [-0.2, 0) is 19.6 Å². The smallest absolute Gasteiger partial charge is 0.263 e. The zero-order valence-corrected chi connectivity index (χ0v) is 10.7. The highest BCUT2D eigenvalue weighted by atomic mass is 19.3. The third kappa shape index (κ3) is 3.57. The fourth-order valence-electron chi connectivity index (χ4n) is 1.84. The highest BCUT2D eigenvalue weighted by Crippen LogP contribution is 2.19. The minimum Gasteiger partial charge on any atom is -0.317 e. The first-order chi connectivity index (χ1) is 9.20. The van der Waals surface area contributed by atoms with E-state index in [0.717, 1.165) is 17.9 Å². The van der Waals surface area contributed by atoms with E-state index in [1.807, 2.05) is 17.6 Å². The summed E-state index contributed by atoms with van der Waals surface area (Å²) in [4.78, 5) is 0. The van der Waals surface area contributed by atoms with Gasteiger partial charge in [-0.05, 0) is 18.6 Å². The molecule has 19 heavy (non-hydrogen) atoms. The van der Waals surface area contributed by atoms with Gasteiger partial charge in [-0.1, -0.05) is 18.2 Å². The van der Waals surface area contributed by atoms with Crippen molar-refractivity contribution in [3.8, 4) is 0 Å². The molecule has 0 spiro atoms. The van der Waals surface area contributed by atoms with Crippen LogP contribution in [0.3, 0.4) is 0 Å². The van der Waals surface area contributed by atoms with Crippen LogP contribution in [0.15, 0.2) is 30.6 Å². The lowest BCUT2D eigenvalue weighted by Crippen LogP contribution is -2.16. The second-order valence-corrected chi connectivity index (χ2v) is 4.18. The summed E-state index contributed by atoms with van der Waals surface area (Å²) < 4.78 is 27.0. The van der Waals surface area contributed by atoms with Gasteiger partial charge in [-0.2, -0.15) is 0 Å². The fraction of sp³-hybridized carbons (Fsp3) is 0.385. The van der Waals surface area contributed by atoms with Gasteiger partial charge in [0, 0.05) is 18.7 Å². The Morgan fingerprint density at radius 1 is 1.32 bits per heavy atom. The van der Waals surface area contributed by atoms with Crippen molar-refractivity contribution in [2.45, 2.75) is 33.0 Å². The number of rotatable bonds is 6. The van der Waals surface area contributed by atoms with Crippen LogP contribution in [0.2, 0.25) is 0 Å². The molecule has 0 unspecified atom stereocenters. The summed E-state index contributed by atoms with van der Waals surface area (Å²) in [5.41, 5.74) is 0.886. The van der Waals surface area contributed by atoms with Crippen molar-refractivity contribution in [2.24, 2.45) is 0 Å². The Labute approximate surface area is 110 Å². The number of alkyl halides is 2. The van der Waals surface area contributed by atoms with Crippen molar-refractivity contribution in [2.75, 3.05) is 0 Å². The van der Waals surface area contributed by atoms with Gasteiger partial charge in [0.2, 0.25) is 0 Å². The van der Waals surface area contributed by atoms with E-state index in [1.54, 1.807) is 12.4 Å². The Kier molecular flexibility index (Phi) is 4.57. The molecule has 1 heterocycles. The van der Waals surface area contributed by atoms with Crippen LogP contribution >= 0.6 is 0 Å². The van der Waals surface area contributed by atoms with Gasteiger partial charge in [0.05, 0.1) is 6.54 Å². The molecule has 2 rings (SSSR count). The van der Waals surface area contributed by atoms with Crippen LogP contribution in [0.1, 0.15) is 30.3 Å². The van der Waals surface area contributed by atoms with Gasteiger partial charge in [-0.25, -0.2) is 8.78 Å². The summed E-state index contributed by atoms with van der Waals surface area (Å²) in [7, 11) is 0. The van der Waals surface area contributed by atoms with Crippen molar-refractivity contribution in [1.82, 2.24) is 20.1 Å². The highest BCUT2D eigenvalue weighted by Gasteiger charge is 2.07. The lowest BCUT2D eigenvalue weighted by molar-refractivity contribution is 0.151. The van der Waals surface area contributed by atoms with Crippen LogP contribution < -0.4 is 5.32 Å². The second kappa shape index (κ2) is 6.38. The maximum atomic E-state index is 12.5. The SMILES string of the molecule is CCn1cnnc1CNCc1cccc(C(F)F)c1. The molecular formula is C13H16F2N4. The molecule has 1 aromatic carbocycles. The largest absolute Gasteiger partial charge is 0.317 e. The topological polar surface area (TPSA) is 42.7 Å². The summed E-state index contributed by atoms with van der Waals surface area (Å²) in [5.74, 6) is 0.840. The van der Waals surface area contributed by atoms with E-state index < -0.39 is 6.43 Å². The predicted molar refractivity (Wildman–Crippen MR) is 67.6 cm³/mol. The zero-order chi connectivity index (χ0) is 13.7. The molecule has 102 valence electrons. The summed E-state index contributed by atoms with van der Waals surface area (Å²) in [5, 5.41) is 11.0. The Balaban J connectivity index is 1.90. The first kappa shape index (κ1) is 13.6. The molecule has 0 bridgehead atoms. The summed E-state index contributed by atoms with van der Waals surface area (Å²) in [6, 6.07) is 6.42. The first-order valence-corrected chi connectivity index (χ1v) is 6.15. The van der Waals surface area contributed by atoms with Gasteiger partial charge in [0.25, 0.3) is 6.43 Å². The number of hydrogen-bond acceptors (Lipinski definition) is 3. The Morgan fingerprint density at radius 3 is 2.89 bits per heavy atom. The lowest BCUT2D eigenvalue weighted by atomic mass is 10.1. The quantitative estimate of drug-likeness (QED) is 0.873. The van der Waals surface area contributed by atoms with Gasteiger partial charge >= 0.3 is 0 Å². The number of halogens is 2. The van der Waals surface area contributed by atoms with E-state index in [9.17, 15) is 8.78 Å². The summed E-state index contributed by atoms with van der Waals surface area (Å²) >= 11 is 0. The van der Waals surface area contributed by atoms with Crippen LogP contribution in [0.5, 0.6) is 0 Å². The van der Waals surface area contributed by atoms with Crippen molar-refractivity contribution in [3.05, 3.63) is 47.5 Å². The number of nitrogens with zero attached hydrogens (tertiary/aromatic N) is 3. The molecule has 4 nitrogen and oxygen atoms in total. The van der Waals surface area contributed by atoms with Crippen molar-refractivity contribution in [1.29, 1.82) is 0 Å². The van der Waals surface area contributed by atoms with Gasteiger partial charge in [-0.3, -0.25) is 0 Å². The molecule has 0 aliphatic heterocycles. The third-order valence-corrected chi connectivity index (χ3v) is 2.85. The van der Waals surface area contributed by atoms with Crippen molar-refractivity contribution in [3.63, 3.8) is 0 Å². The van der Waals surface area contributed by atoms with E-state index in [-0.39, 0.29) is 5.56 Å². The van der Waals surface area contributed by atoms with Crippen molar-refractivity contribution >= 4 is 0 Å². The number of hydrogen-bond donors (Lipinski definition) is 1. The van der Waals surface area contributed by atoms with Crippen LogP contribution in [-0.4, -0.2) is 14.8 Å². The first-order valence-electron chi connectivity index (χ1n) is 6.15. The predicted octanol–water partition coefficient (Wildman–Crippen LogP) is 2.53. The molecule has 0 amide bonds. The third-order valence-electron chi connectivity index (χ3n) is 2.85. The fourth-order valence-corrected chi connectivity index (χ4v) is 1.84. The Hall–Kier alpha value is -1.82. The molecular weight excluding hydrogens is 250 g/mol. The molecule has 0 saturated heterocycles. The minimum atomic E-state index is -2.43. The number of nitrogens with one attached hydrogen (secondary N) is 1. The van der Waals surface area contributed by atoms with Crippen LogP contribution in [0.25, 0.3) is 0 Å². The molecule has 1 aromatic heterocycles. The van der Waals surface area contributed by atoms with E-state index >= 15 is 0 Å². The summed E-state index contributed by atoms with van der Waals surface area (Å²) in [6.45, 7) is 3.91. The average molecular weight is 266 g/mol. The second-order valence-electron chi connectivity index (χ2n) is 4.18. The molecule has 0 fully saturated rings. The maximum Gasteiger partial charge on any atom is 0.263 e. The Morgan fingerprint density at radius 2 is 2.16 bits per heavy atom. The number of aromatic nitrogens is 3. The molecule has 0 atom stereocenters. The molecule has 0 radical (unpaired) electrons. The molecule has 0 saturated carbocycles. The van der Waals surface area contributed by atoms with Gasteiger partial charge in [0.1, 0.15) is 12.2 Å². The maximum absolute atomic E-state index is 12.5. The Bertz CT molecular complexity index is 525. The van der Waals surface area contributed by atoms with E-state index in [0.29, 0.717) is 13.1 Å². The molecule has 6 heteroatoms. The van der Waals surface area contributed by atoms with Crippen LogP contribution in [0.4, 0.5) is 8.78 Å². The minimum absolute atomic E-state index is 0.0519. The van der Waals surface area contributed by atoms with Gasteiger partial charge in [-0.15, -0.1) is 10.2 Å². The standard InChI is InChI=1S/C13H16F2N4/c1-2-19-9-17-18-12(19)8-16-7-10-4-3-5-11(6-10)13(14)15/h3-6,9,13,16H,2,7-8H2,1H3. The van der Waals surface area contributed by atoms with E-state index in [2.05, 4.69) is 15.5 Å². The number of aryl methyl sites for hydroxylation is 1. The van der Waals surface area contributed by atoms with Gasteiger partial charge in [0.15, 0.2) is 0 Å². The van der Waals surface area contributed by atoms with Gasteiger partial charge < -0.3 is 9.88 Å². The molecule has 1 N–H and O–H groups in total. The highest BCUT2D eigenvalue weighted by molar-refractivity contribution is 5.24. The normalized spacial score (nSPS) is 11.2. The van der Waals surface area contributed by atoms with E-state index in [1.165, 1.54) is 12.1 Å². The van der Waals surface area contributed by atoms with Crippen LogP contribution in [0, 0.1) is 0 Å². The number of benzene rings is 1. The monoisotopic (exact) mass is 266 g/mol. The molecule has 0 aliphatic carbocycles. The molecule has 0 aliphatic rings. The lowest BCUT2D eigenvalue weighted by Gasteiger charge is -2.07. The van der Waals surface area contributed by atoms with Crippen molar-refractivity contribution < 1.29 is 8.78 Å². The summed E-state index contributed by atoms with van der Waals surface area (Å²) in [6.07, 6.45) is -0.753. The zero-order valence-electron chi connectivity index (χ0n) is 10.7.